The summed E-state index contributed by atoms with van der Waals surface area (Å²) in [5, 5.41) is 19.9. The fourth-order valence-electron chi connectivity index (χ4n) is 1.39. The molecule has 0 aliphatic rings. The summed E-state index contributed by atoms with van der Waals surface area (Å²) in [6, 6.07) is 4.88. The molecule has 7 heteroatoms. The monoisotopic (exact) mass is 279 g/mol. The molecule has 0 fully saturated rings. The van der Waals surface area contributed by atoms with Gasteiger partial charge in [0.25, 0.3) is 5.22 Å². The summed E-state index contributed by atoms with van der Waals surface area (Å²) in [4.78, 5) is 11.7. The quantitative estimate of drug-likeness (QED) is 0.658. The average molecular weight is 279 g/mol. The van der Waals surface area contributed by atoms with E-state index < -0.39 is 0 Å². The lowest BCUT2D eigenvalue weighted by Crippen LogP contribution is -2.14. The first-order valence-electron chi connectivity index (χ1n) is 5.57. The van der Waals surface area contributed by atoms with Crippen LogP contribution in [0.5, 0.6) is 5.75 Å². The number of nitrogens with one attached hydrogen (secondary N) is 1. The molecule has 19 heavy (non-hydrogen) atoms. The Balaban J connectivity index is 1.88. The van der Waals surface area contributed by atoms with Gasteiger partial charge < -0.3 is 14.8 Å². The molecule has 0 aliphatic carbocycles. The van der Waals surface area contributed by atoms with Gasteiger partial charge in [-0.3, -0.25) is 4.79 Å². The molecular weight excluding hydrogens is 266 g/mol. The van der Waals surface area contributed by atoms with Crippen LogP contribution < -0.4 is 5.32 Å². The molecule has 2 aromatic rings. The number of hydrogen-bond acceptors (Lipinski definition) is 6. The van der Waals surface area contributed by atoms with Crippen LogP contribution in [0.2, 0.25) is 0 Å². The Hall–Kier alpha value is -2.02. The van der Waals surface area contributed by atoms with Crippen LogP contribution in [0.1, 0.15) is 11.5 Å². The summed E-state index contributed by atoms with van der Waals surface area (Å²) in [7, 11) is 0. The second kappa shape index (κ2) is 5.75. The SMILES string of the molecule is Cc1nnc(SCC(=O)Nc2ccc(O)c(C)c2)o1. The molecule has 1 aromatic heterocycles. The molecule has 0 radical (unpaired) electrons. The number of benzene rings is 1. The molecule has 6 nitrogen and oxygen atoms in total. The van der Waals surface area contributed by atoms with Crippen LogP contribution in [0.4, 0.5) is 5.69 Å². The van der Waals surface area contributed by atoms with Crippen molar-refractivity contribution in [2.75, 3.05) is 11.1 Å². The smallest absolute Gasteiger partial charge is 0.277 e. The van der Waals surface area contributed by atoms with Crippen molar-refractivity contribution in [3.05, 3.63) is 29.7 Å². The van der Waals surface area contributed by atoms with E-state index in [1.54, 1.807) is 32.0 Å². The Morgan fingerprint density at radius 3 is 2.84 bits per heavy atom. The molecule has 0 spiro atoms. The van der Waals surface area contributed by atoms with Gasteiger partial charge in [0.2, 0.25) is 11.8 Å². The van der Waals surface area contributed by atoms with E-state index >= 15 is 0 Å². The number of nitrogens with zero attached hydrogens (tertiary/aromatic N) is 2. The molecule has 0 saturated carbocycles. The van der Waals surface area contributed by atoms with Gasteiger partial charge >= 0.3 is 0 Å². The van der Waals surface area contributed by atoms with E-state index in [4.69, 9.17) is 4.42 Å². The predicted molar refractivity (Wildman–Crippen MR) is 71.2 cm³/mol. The van der Waals surface area contributed by atoms with Crippen LogP contribution in [0.3, 0.4) is 0 Å². The molecule has 1 heterocycles. The molecule has 1 amide bonds. The predicted octanol–water partition coefficient (Wildman–Crippen LogP) is 2.12. The second-order valence-electron chi connectivity index (χ2n) is 3.93. The minimum absolute atomic E-state index is 0.175. The lowest BCUT2D eigenvalue weighted by Gasteiger charge is -2.06. The van der Waals surface area contributed by atoms with Crippen molar-refractivity contribution < 1.29 is 14.3 Å². The Bertz CT molecular complexity index is 598. The van der Waals surface area contributed by atoms with Gasteiger partial charge in [-0.15, -0.1) is 10.2 Å². The third-order valence-corrected chi connectivity index (χ3v) is 3.13. The van der Waals surface area contributed by atoms with Crippen LogP contribution in [-0.2, 0) is 4.79 Å². The van der Waals surface area contributed by atoms with Crippen LogP contribution in [0.15, 0.2) is 27.8 Å². The van der Waals surface area contributed by atoms with Crippen LogP contribution in [-0.4, -0.2) is 27.0 Å². The lowest BCUT2D eigenvalue weighted by atomic mass is 10.2. The average Bonchev–Trinajstić information content (AvgIpc) is 2.77. The minimum atomic E-state index is -0.175. The standard InChI is InChI=1S/C12H13N3O3S/c1-7-5-9(3-4-10(7)16)13-11(17)6-19-12-15-14-8(2)18-12/h3-5,16H,6H2,1-2H3,(H,13,17). The number of rotatable bonds is 4. The first-order valence-corrected chi connectivity index (χ1v) is 6.55. The molecule has 2 N–H and O–H groups in total. The van der Waals surface area contributed by atoms with Crippen molar-refractivity contribution >= 4 is 23.4 Å². The normalized spacial score (nSPS) is 10.4. The van der Waals surface area contributed by atoms with Gasteiger partial charge in [-0.25, -0.2) is 0 Å². The number of phenols is 1. The van der Waals surface area contributed by atoms with E-state index in [1.165, 1.54) is 11.8 Å². The van der Waals surface area contributed by atoms with Crippen LogP contribution in [0, 0.1) is 13.8 Å². The molecule has 0 saturated heterocycles. The van der Waals surface area contributed by atoms with Crippen molar-refractivity contribution in [2.24, 2.45) is 0 Å². The Kier molecular flexibility index (Phi) is 4.06. The molecule has 0 unspecified atom stereocenters. The number of amides is 1. The highest BCUT2D eigenvalue weighted by Crippen LogP contribution is 2.21. The van der Waals surface area contributed by atoms with Crippen molar-refractivity contribution in [3.8, 4) is 5.75 Å². The number of carbonyl (C=O) groups excluding carboxylic acids is 1. The van der Waals surface area contributed by atoms with Gasteiger partial charge in [0.1, 0.15) is 5.75 Å². The van der Waals surface area contributed by atoms with Crippen molar-refractivity contribution in [3.63, 3.8) is 0 Å². The van der Waals surface area contributed by atoms with Crippen molar-refractivity contribution in [1.29, 1.82) is 0 Å². The highest BCUT2D eigenvalue weighted by molar-refractivity contribution is 7.99. The Morgan fingerprint density at radius 1 is 1.42 bits per heavy atom. The van der Waals surface area contributed by atoms with Gasteiger partial charge in [-0.1, -0.05) is 11.8 Å². The maximum Gasteiger partial charge on any atom is 0.277 e. The van der Waals surface area contributed by atoms with E-state index in [-0.39, 0.29) is 17.4 Å². The number of thioether (sulfide) groups is 1. The highest BCUT2D eigenvalue weighted by Gasteiger charge is 2.08. The van der Waals surface area contributed by atoms with Crippen molar-refractivity contribution in [2.45, 2.75) is 19.1 Å². The maximum atomic E-state index is 11.7. The maximum absolute atomic E-state index is 11.7. The van der Waals surface area contributed by atoms with E-state index in [9.17, 15) is 9.90 Å². The first-order chi connectivity index (χ1) is 9.04. The van der Waals surface area contributed by atoms with E-state index in [0.29, 0.717) is 22.4 Å². The minimum Gasteiger partial charge on any atom is -0.508 e. The van der Waals surface area contributed by atoms with Gasteiger partial charge in [-0.2, -0.15) is 0 Å². The van der Waals surface area contributed by atoms with Gasteiger partial charge in [0, 0.05) is 12.6 Å². The fourth-order valence-corrected chi connectivity index (χ4v) is 2.00. The summed E-state index contributed by atoms with van der Waals surface area (Å²) in [5.41, 5.74) is 1.35. The number of anilines is 1. The van der Waals surface area contributed by atoms with Crippen molar-refractivity contribution in [1.82, 2.24) is 10.2 Å². The third kappa shape index (κ3) is 3.72. The molecule has 2 rings (SSSR count). The summed E-state index contributed by atoms with van der Waals surface area (Å²) in [6.45, 7) is 3.46. The zero-order chi connectivity index (χ0) is 13.8. The summed E-state index contributed by atoms with van der Waals surface area (Å²) in [5.74, 6) is 0.679. The largest absolute Gasteiger partial charge is 0.508 e. The second-order valence-corrected chi connectivity index (χ2v) is 4.85. The van der Waals surface area contributed by atoms with Gasteiger partial charge in [0.05, 0.1) is 5.75 Å². The number of carbonyl (C=O) groups is 1. The zero-order valence-corrected chi connectivity index (χ0v) is 11.3. The first kappa shape index (κ1) is 13.4. The Morgan fingerprint density at radius 2 is 2.21 bits per heavy atom. The summed E-state index contributed by atoms with van der Waals surface area (Å²) >= 11 is 1.17. The third-order valence-electron chi connectivity index (χ3n) is 2.31. The highest BCUT2D eigenvalue weighted by atomic mass is 32.2. The summed E-state index contributed by atoms with van der Waals surface area (Å²) < 4.78 is 5.15. The van der Waals surface area contributed by atoms with Gasteiger partial charge in [0.15, 0.2) is 0 Å². The molecule has 1 aromatic carbocycles. The fraction of sp³-hybridized carbons (Fsp3) is 0.250. The molecule has 0 bridgehead atoms. The van der Waals surface area contributed by atoms with E-state index in [0.717, 1.165) is 0 Å². The zero-order valence-electron chi connectivity index (χ0n) is 10.5. The van der Waals surface area contributed by atoms with Crippen LogP contribution >= 0.6 is 11.8 Å². The molecular formula is C12H13N3O3S. The van der Waals surface area contributed by atoms with E-state index in [2.05, 4.69) is 15.5 Å². The summed E-state index contributed by atoms with van der Waals surface area (Å²) in [6.07, 6.45) is 0. The topological polar surface area (TPSA) is 88.2 Å². The number of aromatic hydroxyl groups is 1. The van der Waals surface area contributed by atoms with E-state index in [1.807, 2.05) is 0 Å². The van der Waals surface area contributed by atoms with Gasteiger partial charge in [-0.05, 0) is 30.7 Å². The number of phenolic OH excluding ortho intramolecular Hbond substituents is 1. The number of aryl methyl sites for hydroxylation is 2. The number of hydrogen-bond donors (Lipinski definition) is 2. The molecule has 100 valence electrons. The number of aromatic nitrogens is 2. The Labute approximate surface area is 114 Å². The lowest BCUT2D eigenvalue weighted by molar-refractivity contribution is -0.113. The van der Waals surface area contributed by atoms with Crippen LogP contribution in [0.25, 0.3) is 0 Å². The molecule has 0 aliphatic heterocycles. The molecule has 0 atom stereocenters.